The third-order valence-corrected chi connectivity index (χ3v) is 3.81. The fourth-order valence-electron chi connectivity index (χ4n) is 2.50. The number of anilines is 2. The predicted octanol–water partition coefficient (Wildman–Crippen LogP) is 3.59. The summed E-state index contributed by atoms with van der Waals surface area (Å²) in [5, 5.41) is 13.7. The van der Waals surface area contributed by atoms with Crippen LogP contribution in [0, 0.1) is 17.2 Å². The Labute approximate surface area is 138 Å². The largest absolute Gasteiger partial charge is 0.416 e. The van der Waals surface area contributed by atoms with Gasteiger partial charge in [0.05, 0.1) is 28.9 Å². The van der Waals surface area contributed by atoms with Gasteiger partial charge in [-0.2, -0.15) is 18.4 Å². The van der Waals surface area contributed by atoms with Crippen LogP contribution in [0.25, 0.3) is 0 Å². The fourth-order valence-corrected chi connectivity index (χ4v) is 2.50. The zero-order chi connectivity index (χ0) is 17.7. The fraction of sp³-hybridized carbons (Fsp3) is 0.500. The summed E-state index contributed by atoms with van der Waals surface area (Å²) in [5.74, 6) is -0.379. The van der Waals surface area contributed by atoms with Crippen molar-refractivity contribution in [3.63, 3.8) is 0 Å². The average molecular weight is 340 g/mol. The summed E-state index contributed by atoms with van der Waals surface area (Å²) < 4.78 is 38.8. The summed E-state index contributed by atoms with van der Waals surface area (Å²) >= 11 is 0. The summed E-state index contributed by atoms with van der Waals surface area (Å²) in [6, 6.07) is 4.70. The Hall–Kier alpha value is -2.43. The lowest BCUT2D eigenvalue weighted by atomic mass is 10.1. The summed E-state index contributed by atoms with van der Waals surface area (Å²) in [5.41, 5.74) is -0.121. The predicted molar refractivity (Wildman–Crippen MR) is 84.7 cm³/mol. The first-order valence-electron chi connectivity index (χ1n) is 7.72. The molecule has 130 valence electrons. The summed E-state index contributed by atoms with van der Waals surface area (Å²) in [4.78, 5) is 13.9. The van der Waals surface area contributed by atoms with Crippen LogP contribution in [0.15, 0.2) is 18.2 Å². The quantitative estimate of drug-likeness (QED) is 0.880. The van der Waals surface area contributed by atoms with Crippen LogP contribution in [0.5, 0.6) is 0 Å². The molecule has 0 bridgehead atoms. The molecule has 2 amide bonds. The van der Waals surface area contributed by atoms with Crippen molar-refractivity contribution in [1.82, 2.24) is 5.32 Å². The van der Waals surface area contributed by atoms with Crippen molar-refractivity contribution < 1.29 is 18.0 Å². The molecule has 0 aromatic heterocycles. The second-order valence-corrected chi connectivity index (χ2v) is 5.79. The number of urea groups is 1. The number of carbonyl (C=O) groups excluding carboxylic acids is 1. The number of benzene rings is 1. The highest BCUT2D eigenvalue weighted by atomic mass is 19.4. The minimum Gasteiger partial charge on any atom is -0.370 e. The second kappa shape index (κ2) is 7.43. The third-order valence-electron chi connectivity index (χ3n) is 3.81. The van der Waals surface area contributed by atoms with E-state index < -0.39 is 17.8 Å². The monoisotopic (exact) mass is 340 g/mol. The van der Waals surface area contributed by atoms with E-state index >= 15 is 0 Å². The van der Waals surface area contributed by atoms with Crippen LogP contribution in [-0.4, -0.2) is 25.7 Å². The van der Waals surface area contributed by atoms with Crippen LogP contribution in [-0.2, 0) is 6.18 Å². The Bertz CT molecular complexity index is 633. The number of hydrogen-bond donors (Lipinski definition) is 2. The van der Waals surface area contributed by atoms with Crippen LogP contribution < -0.4 is 15.5 Å². The van der Waals surface area contributed by atoms with Gasteiger partial charge in [-0.3, -0.25) is 0 Å². The first-order valence-corrected chi connectivity index (χ1v) is 7.72. The number of nitrogens with zero attached hydrogens (tertiary/aromatic N) is 2. The van der Waals surface area contributed by atoms with E-state index in [0.717, 1.165) is 38.1 Å². The van der Waals surface area contributed by atoms with E-state index in [1.54, 1.807) is 6.92 Å². The van der Waals surface area contributed by atoms with E-state index in [1.807, 2.05) is 11.0 Å². The number of nitriles is 1. The highest BCUT2D eigenvalue weighted by Crippen LogP contribution is 2.36. The van der Waals surface area contributed by atoms with Gasteiger partial charge in [-0.05, 0) is 38.0 Å². The smallest absolute Gasteiger partial charge is 0.370 e. The maximum Gasteiger partial charge on any atom is 0.416 e. The molecule has 1 aliphatic rings. The molecule has 24 heavy (non-hydrogen) atoms. The molecule has 0 saturated carbocycles. The number of nitrogens with one attached hydrogen (secondary N) is 2. The summed E-state index contributed by atoms with van der Waals surface area (Å²) in [6.07, 6.45) is -2.55. The molecule has 1 saturated heterocycles. The lowest BCUT2D eigenvalue weighted by Crippen LogP contribution is -2.33. The van der Waals surface area contributed by atoms with Crippen molar-refractivity contribution in [2.45, 2.75) is 25.9 Å². The molecule has 1 aliphatic heterocycles. The number of rotatable bonds is 4. The number of hydrogen-bond acceptors (Lipinski definition) is 3. The molecule has 2 rings (SSSR count). The molecule has 0 spiro atoms. The number of carbonyl (C=O) groups is 1. The van der Waals surface area contributed by atoms with Crippen LogP contribution in [0.3, 0.4) is 0 Å². The van der Waals surface area contributed by atoms with Gasteiger partial charge < -0.3 is 15.5 Å². The summed E-state index contributed by atoms with van der Waals surface area (Å²) in [7, 11) is 0. The van der Waals surface area contributed by atoms with Crippen molar-refractivity contribution in [2.75, 3.05) is 29.9 Å². The summed E-state index contributed by atoms with van der Waals surface area (Å²) in [6.45, 7) is 3.25. The van der Waals surface area contributed by atoms with Gasteiger partial charge in [0.1, 0.15) is 0 Å². The van der Waals surface area contributed by atoms with Gasteiger partial charge in [0.25, 0.3) is 0 Å². The zero-order valence-electron chi connectivity index (χ0n) is 13.3. The van der Waals surface area contributed by atoms with E-state index in [0.29, 0.717) is 5.69 Å². The molecule has 0 radical (unpaired) electrons. The highest BCUT2D eigenvalue weighted by Gasteiger charge is 2.32. The van der Waals surface area contributed by atoms with E-state index in [4.69, 9.17) is 5.26 Å². The Morgan fingerprint density at radius 1 is 1.38 bits per heavy atom. The van der Waals surface area contributed by atoms with Crippen molar-refractivity contribution in [1.29, 1.82) is 5.26 Å². The van der Waals surface area contributed by atoms with Crippen LogP contribution in [0.2, 0.25) is 0 Å². The van der Waals surface area contributed by atoms with Crippen LogP contribution >= 0.6 is 0 Å². The molecule has 2 N–H and O–H groups in total. The topological polar surface area (TPSA) is 68.2 Å². The van der Waals surface area contributed by atoms with Gasteiger partial charge in [0, 0.05) is 19.6 Å². The minimum atomic E-state index is -4.48. The molecule has 5 nitrogen and oxygen atoms in total. The second-order valence-electron chi connectivity index (χ2n) is 5.79. The maximum atomic E-state index is 12.9. The Kier molecular flexibility index (Phi) is 5.54. The van der Waals surface area contributed by atoms with Gasteiger partial charge >= 0.3 is 12.2 Å². The lowest BCUT2D eigenvalue weighted by molar-refractivity contribution is -0.137. The highest BCUT2D eigenvalue weighted by molar-refractivity contribution is 5.93. The van der Waals surface area contributed by atoms with E-state index in [9.17, 15) is 18.0 Å². The zero-order valence-corrected chi connectivity index (χ0v) is 13.3. The SMILES string of the molecule is CC(C#N)CNC(=O)Nc1cc(C(F)(F)F)ccc1N1CCCC1. The average Bonchev–Trinajstić information content (AvgIpc) is 3.05. The van der Waals surface area contributed by atoms with E-state index in [1.165, 1.54) is 6.07 Å². The molecule has 8 heteroatoms. The first-order chi connectivity index (χ1) is 11.3. The molecule has 1 atom stereocenters. The van der Waals surface area contributed by atoms with Gasteiger partial charge in [-0.1, -0.05) is 0 Å². The number of amides is 2. The van der Waals surface area contributed by atoms with E-state index in [2.05, 4.69) is 10.6 Å². The molecule has 1 fully saturated rings. The van der Waals surface area contributed by atoms with Crippen LogP contribution in [0.1, 0.15) is 25.3 Å². The van der Waals surface area contributed by atoms with Gasteiger partial charge in [-0.15, -0.1) is 0 Å². The minimum absolute atomic E-state index is 0.119. The molecular formula is C16H19F3N4O. The molecule has 1 aromatic carbocycles. The maximum absolute atomic E-state index is 12.9. The van der Waals surface area contributed by atoms with Crippen LogP contribution in [0.4, 0.5) is 29.3 Å². The molecule has 1 aromatic rings. The standard InChI is InChI=1S/C16H19F3N4O/c1-11(9-20)10-21-15(24)22-13-8-12(16(17,18)19)4-5-14(13)23-6-2-3-7-23/h4-5,8,11H,2-3,6-7,10H2,1H3,(H2,21,22,24). The molecule has 0 aliphatic carbocycles. The normalized spacial score (nSPS) is 15.7. The van der Waals surface area contributed by atoms with E-state index in [-0.39, 0.29) is 18.2 Å². The van der Waals surface area contributed by atoms with Crippen molar-refractivity contribution >= 4 is 17.4 Å². The van der Waals surface area contributed by atoms with Crippen molar-refractivity contribution in [2.24, 2.45) is 5.92 Å². The van der Waals surface area contributed by atoms with Gasteiger partial charge in [-0.25, -0.2) is 4.79 Å². The number of alkyl halides is 3. The third kappa shape index (κ3) is 4.54. The Morgan fingerprint density at radius 3 is 2.62 bits per heavy atom. The Morgan fingerprint density at radius 2 is 2.04 bits per heavy atom. The number of halogens is 3. The molecule has 1 heterocycles. The van der Waals surface area contributed by atoms with Gasteiger partial charge in [0.15, 0.2) is 0 Å². The first kappa shape index (κ1) is 17.9. The van der Waals surface area contributed by atoms with Crippen molar-refractivity contribution in [3.8, 4) is 6.07 Å². The lowest BCUT2D eigenvalue weighted by Gasteiger charge is -2.23. The molecular weight excluding hydrogens is 321 g/mol. The van der Waals surface area contributed by atoms with Crippen molar-refractivity contribution in [3.05, 3.63) is 23.8 Å². The van der Waals surface area contributed by atoms with Gasteiger partial charge in [0.2, 0.25) is 0 Å². The Balaban J connectivity index is 2.20. The molecule has 1 unspecified atom stereocenters.